The fourth-order valence-electron chi connectivity index (χ4n) is 7.03. The van der Waals surface area contributed by atoms with Crippen molar-refractivity contribution in [2.24, 2.45) is 0 Å². The second-order valence-corrected chi connectivity index (χ2v) is 14.6. The minimum absolute atomic E-state index is 0.294. The summed E-state index contributed by atoms with van der Waals surface area (Å²) in [6.07, 6.45) is 0. The van der Waals surface area contributed by atoms with Crippen molar-refractivity contribution in [2.45, 2.75) is 31.3 Å². The molecule has 2 fully saturated rings. The van der Waals surface area contributed by atoms with Gasteiger partial charge in [-0.1, -0.05) is 36.4 Å². The number of aromatic nitrogens is 4. The van der Waals surface area contributed by atoms with E-state index in [1.165, 1.54) is 0 Å². The quantitative estimate of drug-likeness (QED) is 0.213. The largest absolute Gasteiger partial charge is 0.453 e. The van der Waals surface area contributed by atoms with E-state index in [1.54, 1.807) is 13.8 Å². The lowest BCUT2D eigenvalue weighted by Gasteiger charge is -2.34. The van der Waals surface area contributed by atoms with Crippen molar-refractivity contribution in [1.29, 1.82) is 10.5 Å². The number of ether oxygens (including phenoxy) is 1. The van der Waals surface area contributed by atoms with Gasteiger partial charge in [-0.15, -0.1) is 0 Å². The summed E-state index contributed by atoms with van der Waals surface area (Å²) in [5.74, 6) is -1.64. The predicted molar refractivity (Wildman–Crippen MR) is 207 cm³/mol. The number of carbonyl (C=O) groups excluding carboxylic acids is 1. The van der Waals surface area contributed by atoms with E-state index in [1.807, 2.05) is 66.7 Å². The van der Waals surface area contributed by atoms with Gasteiger partial charge in [-0.05, 0) is 75.0 Å². The van der Waals surface area contributed by atoms with Crippen LogP contribution in [0.1, 0.15) is 42.6 Å². The van der Waals surface area contributed by atoms with E-state index >= 15 is 0 Å². The molecule has 1 N–H and O–H groups in total. The number of hydrogen-bond acceptors (Lipinski definition) is 13. The van der Waals surface area contributed by atoms with Gasteiger partial charge in [0.2, 0.25) is 0 Å². The minimum Gasteiger partial charge on any atom is -0.453 e. The molecule has 2 unspecified atom stereocenters. The zero-order valence-electron chi connectivity index (χ0n) is 31.1. The van der Waals surface area contributed by atoms with Crippen molar-refractivity contribution in [3.8, 4) is 23.3 Å². The molecule has 54 heavy (non-hydrogen) atoms. The van der Waals surface area contributed by atoms with Crippen LogP contribution in [0.4, 0.5) is 11.6 Å². The molecule has 2 atom stereocenters. The Morgan fingerprint density at radius 1 is 0.722 bits per heavy atom. The molecule has 4 heterocycles. The number of para-hydroxylation sites is 2. The number of anilines is 2. The smallest absolute Gasteiger partial charge is 0.330 e. The molecule has 2 aliphatic rings. The topological polar surface area (TPSA) is 159 Å². The summed E-state index contributed by atoms with van der Waals surface area (Å²) < 4.78 is 6.17. The van der Waals surface area contributed by atoms with E-state index in [0.29, 0.717) is 58.2 Å². The van der Waals surface area contributed by atoms with Crippen molar-refractivity contribution in [3.05, 3.63) is 83.7 Å². The lowest BCUT2D eigenvalue weighted by molar-refractivity contribution is -0.158. The van der Waals surface area contributed by atoms with Crippen LogP contribution in [0.5, 0.6) is 0 Å². The molecule has 2 saturated heterocycles. The Balaban J connectivity index is 1.17. The number of aliphatic hydroxyl groups excluding tert-OH is 1. The second kappa shape index (κ2) is 15.3. The number of nitriles is 2. The van der Waals surface area contributed by atoms with Crippen molar-refractivity contribution in [1.82, 2.24) is 29.7 Å². The number of piperazine rings is 2. The summed E-state index contributed by atoms with van der Waals surface area (Å²) in [6, 6.07) is 25.4. The van der Waals surface area contributed by atoms with Gasteiger partial charge in [0, 0.05) is 52.4 Å². The average molecular weight is 725 g/mol. The van der Waals surface area contributed by atoms with E-state index in [4.69, 9.17) is 24.7 Å². The van der Waals surface area contributed by atoms with Crippen molar-refractivity contribution >= 4 is 39.7 Å². The molecule has 0 amide bonds. The highest BCUT2D eigenvalue weighted by molar-refractivity contribution is 5.86. The van der Waals surface area contributed by atoms with Crippen molar-refractivity contribution in [3.63, 3.8) is 0 Å². The van der Waals surface area contributed by atoms with Gasteiger partial charge >= 0.3 is 5.97 Å². The first-order valence-corrected chi connectivity index (χ1v) is 18.3. The lowest BCUT2D eigenvalue weighted by Crippen LogP contribution is -2.45. The SMILES string of the molecule is CN1CCN(c2nc3ccc(-c4cccc(C(C)(C)OC(=O)C(C#N)c5nc6ccccc6nc5N5CCN(C)CC5)c4)cc3nc2C(C#N)CO)CC1. The van der Waals surface area contributed by atoms with Gasteiger partial charge in [0.15, 0.2) is 17.6 Å². The van der Waals surface area contributed by atoms with E-state index in [-0.39, 0.29) is 6.61 Å². The monoisotopic (exact) mass is 724 g/mol. The van der Waals surface area contributed by atoms with Gasteiger partial charge in [-0.2, -0.15) is 10.5 Å². The molecule has 0 radical (unpaired) electrons. The van der Waals surface area contributed by atoms with Crippen LogP contribution in [-0.4, -0.2) is 114 Å². The number of fused-ring (bicyclic) bond motifs is 2. The van der Waals surface area contributed by atoms with Crippen LogP contribution in [0.2, 0.25) is 0 Å². The van der Waals surface area contributed by atoms with Gasteiger partial charge in [-0.3, -0.25) is 4.79 Å². The van der Waals surface area contributed by atoms with Crippen LogP contribution in [-0.2, 0) is 15.1 Å². The fourth-order valence-corrected chi connectivity index (χ4v) is 7.03. The highest BCUT2D eigenvalue weighted by Gasteiger charge is 2.35. The predicted octanol–water partition coefficient (Wildman–Crippen LogP) is 4.43. The van der Waals surface area contributed by atoms with Crippen LogP contribution in [0.15, 0.2) is 66.7 Å². The van der Waals surface area contributed by atoms with Crippen LogP contribution < -0.4 is 9.80 Å². The number of hydrogen-bond donors (Lipinski definition) is 1. The van der Waals surface area contributed by atoms with Crippen molar-refractivity contribution < 1.29 is 14.6 Å². The lowest BCUT2D eigenvalue weighted by atomic mass is 9.93. The summed E-state index contributed by atoms with van der Waals surface area (Å²) in [5, 5.41) is 30.4. The van der Waals surface area contributed by atoms with E-state index < -0.39 is 23.4 Å². The Labute approximate surface area is 315 Å². The fraction of sp³-hybridized carbons (Fsp3) is 0.390. The zero-order chi connectivity index (χ0) is 38.0. The number of benzene rings is 3. The zero-order valence-corrected chi connectivity index (χ0v) is 31.1. The molecule has 5 aromatic rings. The molecule has 2 aromatic heterocycles. The van der Waals surface area contributed by atoms with Crippen LogP contribution in [0.3, 0.4) is 0 Å². The Kier molecular flexibility index (Phi) is 10.4. The molecule has 0 aliphatic carbocycles. The average Bonchev–Trinajstić information content (AvgIpc) is 3.18. The first kappa shape index (κ1) is 36.6. The van der Waals surface area contributed by atoms with Gasteiger partial charge in [0.25, 0.3) is 0 Å². The normalized spacial score (nSPS) is 16.9. The van der Waals surface area contributed by atoms with E-state index in [2.05, 4.69) is 45.8 Å². The first-order chi connectivity index (χ1) is 26.1. The molecule has 0 spiro atoms. The molecule has 7 rings (SSSR count). The number of aliphatic hydroxyl groups is 1. The van der Waals surface area contributed by atoms with E-state index in [0.717, 1.165) is 56.0 Å². The molecule has 0 bridgehead atoms. The minimum atomic E-state index is -1.29. The maximum atomic E-state index is 14.0. The van der Waals surface area contributed by atoms with Crippen LogP contribution in [0, 0.1) is 22.7 Å². The number of carbonyl (C=O) groups is 1. The number of nitrogens with zero attached hydrogens (tertiary/aromatic N) is 10. The Morgan fingerprint density at radius 3 is 1.87 bits per heavy atom. The maximum absolute atomic E-state index is 14.0. The van der Waals surface area contributed by atoms with Crippen LogP contribution >= 0.6 is 0 Å². The molecule has 3 aromatic carbocycles. The Bertz CT molecular complexity index is 2270. The Hall–Kier alpha value is -5.73. The number of esters is 1. The highest BCUT2D eigenvalue weighted by Crippen LogP contribution is 2.35. The summed E-state index contributed by atoms with van der Waals surface area (Å²) in [6.45, 7) is 9.52. The highest BCUT2D eigenvalue weighted by atomic mass is 16.6. The summed E-state index contributed by atoms with van der Waals surface area (Å²) in [7, 11) is 4.14. The maximum Gasteiger partial charge on any atom is 0.330 e. The molecule has 2 aliphatic heterocycles. The molecular formula is C41H44N10O3. The summed E-state index contributed by atoms with van der Waals surface area (Å²) in [4.78, 5) is 42.3. The number of likely N-dealkylation sites (N-methyl/N-ethyl adjacent to an activating group) is 2. The summed E-state index contributed by atoms with van der Waals surface area (Å²) in [5.41, 5.74) is 4.70. The van der Waals surface area contributed by atoms with Gasteiger partial charge in [-0.25, -0.2) is 19.9 Å². The third kappa shape index (κ3) is 7.39. The third-order valence-corrected chi connectivity index (χ3v) is 10.4. The van der Waals surface area contributed by atoms with Gasteiger partial charge < -0.3 is 29.4 Å². The number of rotatable bonds is 9. The summed E-state index contributed by atoms with van der Waals surface area (Å²) >= 11 is 0. The molecule has 13 heteroatoms. The van der Waals surface area contributed by atoms with E-state index in [9.17, 15) is 20.4 Å². The first-order valence-electron chi connectivity index (χ1n) is 18.3. The third-order valence-electron chi connectivity index (χ3n) is 10.4. The molecular weight excluding hydrogens is 681 g/mol. The Morgan fingerprint density at radius 2 is 1.28 bits per heavy atom. The van der Waals surface area contributed by atoms with Gasteiger partial charge in [0.1, 0.15) is 22.9 Å². The standard InChI is InChI=1S/C41H44N10O3/c1-41(2,54-40(53)31(25-43)37-39(51-20-16-49(4)17-21-51)46-33-11-6-5-10-32(33)44-37)30-9-7-8-27(22-30)28-12-13-34-35(23-28)45-36(29(24-42)26-52)38(47-34)50-18-14-48(3)15-19-50/h5-13,22-23,29,31,52H,14-21,26H2,1-4H3. The molecule has 13 nitrogen and oxygen atoms in total. The van der Waals surface area contributed by atoms with Crippen LogP contribution in [0.25, 0.3) is 33.2 Å². The molecule has 276 valence electrons. The van der Waals surface area contributed by atoms with Crippen molar-refractivity contribution in [2.75, 3.05) is 82.9 Å². The second-order valence-electron chi connectivity index (χ2n) is 14.6. The van der Waals surface area contributed by atoms with Gasteiger partial charge in [0.05, 0.1) is 40.8 Å². The molecule has 0 saturated carbocycles.